The van der Waals surface area contributed by atoms with E-state index in [4.69, 9.17) is 16.3 Å². The SMILES string of the molecule is CCOCC(=O)N1CCC([C@@H](O)c2ccc(Cl)cc2)CC1. The highest BCUT2D eigenvalue weighted by Gasteiger charge is 2.28. The van der Waals surface area contributed by atoms with E-state index in [2.05, 4.69) is 0 Å². The summed E-state index contributed by atoms with van der Waals surface area (Å²) in [7, 11) is 0. The van der Waals surface area contributed by atoms with E-state index in [0.717, 1.165) is 18.4 Å². The lowest BCUT2D eigenvalue weighted by molar-refractivity contribution is -0.138. The van der Waals surface area contributed by atoms with Crippen molar-refractivity contribution in [2.24, 2.45) is 5.92 Å². The molecule has 1 aliphatic heterocycles. The quantitative estimate of drug-likeness (QED) is 0.909. The average molecular weight is 312 g/mol. The van der Waals surface area contributed by atoms with Crippen molar-refractivity contribution >= 4 is 17.5 Å². The number of ether oxygens (including phenoxy) is 1. The number of aliphatic hydroxyl groups excluding tert-OH is 1. The summed E-state index contributed by atoms with van der Waals surface area (Å²) in [5.41, 5.74) is 0.887. The van der Waals surface area contributed by atoms with E-state index in [9.17, 15) is 9.90 Å². The van der Waals surface area contributed by atoms with Crippen molar-refractivity contribution in [3.8, 4) is 0 Å². The summed E-state index contributed by atoms with van der Waals surface area (Å²) in [5, 5.41) is 11.1. The van der Waals surface area contributed by atoms with Gasteiger partial charge in [0, 0.05) is 24.7 Å². The average Bonchev–Trinajstić information content (AvgIpc) is 2.53. The van der Waals surface area contributed by atoms with Crippen LogP contribution >= 0.6 is 11.6 Å². The van der Waals surface area contributed by atoms with E-state index in [1.807, 2.05) is 24.0 Å². The zero-order valence-electron chi connectivity index (χ0n) is 12.3. The maximum Gasteiger partial charge on any atom is 0.248 e. The van der Waals surface area contributed by atoms with Gasteiger partial charge in [-0.15, -0.1) is 0 Å². The molecule has 1 amide bonds. The van der Waals surface area contributed by atoms with Crippen LogP contribution in [0.5, 0.6) is 0 Å². The predicted octanol–water partition coefficient (Wildman–Crippen LogP) is 2.65. The van der Waals surface area contributed by atoms with Crippen LogP contribution in [-0.4, -0.2) is 42.2 Å². The van der Waals surface area contributed by atoms with Crippen LogP contribution in [0.1, 0.15) is 31.4 Å². The Morgan fingerprint density at radius 3 is 2.57 bits per heavy atom. The molecular formula is C16H22ClNO3. The lowest BCUT2D eigenvalue weighted by Gasteiger charge is -2.34. The second-order valence-corrected chi connectivity index (χ2v) is 5.79. The highest BCUT2D eigenvalue weighted by Crippen LogP contribution is 2.31. The number of likely N-dealkylation sites (tertiary alicyclic amines) is 1. The van der Waals surface area contributed by atoms with Gasteiger partial charge in [0.25, 0.3) is 0 Å². The molecule has 0 saturated carbocycles. The molecule has 116 valence electrons. The molecule has 0 aliphatic carbocycles. The Labute approximate surface area is 130 Å². The summed E-state index contributed by atoms with van der Waals surface area (Å²) in [6.07, 6.45) is 1.12. The van der Waals surface area contributed by atoms with Crippen molar-refractivity contribution in [1.29, 1.82) is 0 Å². The summed E-state index contributed by atoms with van der Waals surface area (Å²) in [6, 6.07) is 7.31. The Kier molecular flexibility index (Phi) is 6.03. The number of hydrogen-bond donors (Lipinski definition) is 1. The fourth-order valence-electron chi connectivity index (χ4n) is 2.68. The number of halogens is 1. The number of nitrogens with zero attached hydrogens (tertiary/aromatic N) is 1. The van der Waals surface area contributed by atoms with Crippen molar-refractivity contribution in [2.45, 2.75) is 25.9 Å². The van der Waals surface area contributed by atoms with Crippen molar-refractivity contribution in [2.75, 3.05) is 26.3 Å². The number of carbonyl (C=O) groups is 1. The summed E-state index contributed by atoms with van der Waals surface area (Å²) in [6.45, 7) is 3.95. The first-order chi connectivity index (χ1) is 10.1. The first-order valence-corrected chi connectivity index (χ1v) is 7.78. The van der Waals surface area contributed by atoms with E-state index in [0.29, 0.717) is 24.7 Å². The zero-order chi connectivity index (χ0) is 15.2. The number of carbonyl (C=O) groups excluding carboxylic acids is 1. The van der Waals surface area contributed by atoms with Crippen LogP contribution in [0, 0.1) is 5.92 Å². The molecule has 1 saturated heterocycles. The van der Waals surface area contributed by atoms with Gasteiger partial charge in [-0.2, -0.15) is 0 Å². The number of aliphatic hydroxyl groups is 1. The van der Waals surface area contributed by atoms with Gasteiger partial charge in [-0.25, -0.2) is 0 Å². The molecule has 0 spiro atoms. The molecule has 1 N–H and O–H groups in total. The zero-order valence-corrected chi connectivity index (χ0v) is 13.1. The minimum absolute atomic E-state index is 0.0382. The summed E-state index contributed by atoms with van der Waals surface area (Å²) < 4.78 is 5.15. The minimum Gasteiger partial charge on any atom is -0.388 e. The van der Waals surface area contributed by atoms with Crippen molar-refractivity contribution in [3.05, 3.63) is 34.9 Å². The number of rotatable bonds is 5. The molecule has 2 rings (SSSR count). The Balaban J connectivity index is 1.85. The van der Waals surface area contributed by atoms with Gasteiger partial charge < -0.3 is 14.7 Å². The second-order valence-electron chi connectivity index (χ2n) is 5.35. The highest BCUT2D eigenvalue weighted by molar-refractivity contribution is 6.30. The van der Waals surface area contributed by atoms with Crippen LogP contribution in [0.25, 0.3) is 0 Å². The van der Waals surface area contributed by atoms with Crippen LogP contribution in [0.15, 0.2) is 24.3 Å². The first kappa shape index (κ1) is 16.3. The number of benzene rings is 1. The summed E-state index contributed by atoms with van der Waals surface area (Å²) >= 11 is 5.86. The Bertz CT molecular complexity index is 455. The first-order valence-electron chi connectivity index (χ1n) is 7.41. The third kappa shape index (κ3) is 4.43. The number of amides is 1. The van der Waals surface area contributed by atoms with Crippen LogP contribution < -0.4 is 0 Å². The van der Waals surface area contributed by atoms with E-state index < -0.39 is 6.10 Å². The molecule has 1 fully saturated rings. The molecule has 0 aromatic heterocycles. The molecule has 21 heavy (non-hydrogen) atoms. The lowest BCUT2D eigenvalue weighted by Crippen LogP contribution is -2.41. The Morgan fingerprint density at radius 1 is 1.38 bits per heavy atom. The largest absolute Gasteiger partial charge is 0.388 e. The molecule has 4 nitrogen and oxygen atoms in total. The van der Waals surface area contributed by atoms with Gasteiger partial charge in [0.05, 0.1) is 6.10 Å². The van der Waals surface area contributed by atoms with Crippen LogP contribution in [0.4, 0.5) is 0 Å². The van der Waals surface area contributed by atoms with Gasteiger partial charge in [-0.1, -0.05) is 23.7 Å². The van der Waals surface area contributed by atoms with E-state index in [1.165, 1.54) is 0 Å². The van der Waals surface area contributed by atoms with Crippen molar-refractivity contribution in [3.63, 3.8) is 0 Å². The van der Waals surface area contributed by atoms with Gasteiger partial charge >= 0.3 is 0 Å². The third-order valence-corrected chi connectivity index (χ3v) is 4.23. The van der Waals surface area contributed by atoms with Crippen LogP contribution in [0.2, 0.25) is 5.02 Å². The lowest BCUT2D eigenvalue weighted by atomic mass is 9.87. The Hall–Kier alpha value is -1.10. The Morgan fingerprint density at radius 2 is 2.00 bits per heavy atom. The molecule has 1 heterocycles. The summed E-state index contributed by atoms with van der Waals surface area (Å²) in [5.74, 6) is 0.221. The third-order valence-electron chi connectivity index (χ3n) is 3.98. The summed E-state index contributed by atoms with van der Waals surface area (Å²) in [4.78, 5) is 13.7. The topological polar surface area (TPSA) is 49.8 Å². The molecule has 0 radical (unpaired) electrons. The number of piperidine rings is 1. The van der Waals surface area contributed by atoms with Crippen LogP contribution in [0.3, 0.4) is 0 Å². The maximum atomic E-state index is 11.9. The second kappa shape index (κ2) is 7.78. The van der Waals surface area contributed by atoms with E-state index >= 15 is 0 Å². The normalized spacial score (nSPS) is 17.8. The fourth-order valence-corrected chi connectivity index (χ4v) is 2.80. The standard InChI is InChI=1S/C16H22ClNO3/c1-2-21-11-15(19)18-9-7-13(8-10-18)16(20)12-3-5-14(17)6-4-12/h3-6,13,16,20H,2,7-11H2,1H3/t16-/m0/s1. The monoisotopic (exact) mass is 311 g/mol. The smallest absolute Gasteiger partial charge is 0.248 e. The van der Waals surface area contributed by atoms with Crippen LogP contribution in [-0.2, 0) is 9.53 Å². The van der Waals surface area contributed by atoms with Crippen molar-refractivity contribution < 1.29 is 14.6 Å². The van der Waals surface area contributed by atoms with Crippen molar-refractivity contribution in [1.82, 2.24) is 4.90 Å². The fraction of sp³-hybridized carbons (Fsp3) is 0.562. The van der Waals surface area contributed by atoms with E-state index in [-0.39, 0.29) is 18.4 Å². The molecule has 1 aromatic rings. The molecular weight excluding hydrogens is 290 g/mol. The van der Waals surface area contributed by atoms with Gasteiger partial charge in [0.2, 0.25) is 5.91 Å². The molecule has 0 bridgehead atoms. The molecule has 1 atom stereocenters. The van der Waals surface area contributed by atoms with Gasteiger partial charge in [-0.3, -0.25) is 4.79 Å². The molecule has 1 aliphatic rings. The number of hydrogen-bond acceptors (Lipinski definition) is 3. The highest BCUT2D eigenvalue weighted by atomic mass is 35.5. The molecule has 1 aromatic carbocycles. The predicted molar refractivity (Wildman–Crippen MR) is 82.2 cm³/mol. The molecule has 0 unspecified atom stereocenters. The molecule has 5 heteroatoms. The maximum absolute atomic E-state index is 11.9. The van der Waals surface area contributed by atoms with Gasteiger partial charge in [0.1, 0.15) is 6.61 Å². The minimum atomic E-state index is -0.494. The van der Waals surface area contributed by atoms with Gasteiger partial charge in [0.15, 0.2) is 0 Å². The van der Waals surface area contributed by atoms with E-state index in [1.54, 1.807) is 12.1 Å². The van der Waals surface area contributed by atoms with Gasteiger partial charge in [-0.05, 0) is 43.4 Å².